The minimum absolute atomic E-state index is 0.103. The molecule has 0 bridgehead atoms. The van der Waals surface area contributed by atoms with E-state index in [1.165, 1.54) is 0 Å². The van der Waals surface area contributed by atoms with E-state index in [2.05, 4.69) is 5.32 Å². The van der Waals surface area contributed by atoms with Gasteiger partial charge in [0.05, 0.1) is 0 Å². The van der Waals surface area contributed by atoms with Gasteiger partial charge in [-0.25, -0.2) is 4.79 Å². The monoisotopic (exact) mass is 343 g/mol. The number of ether oxygens (including phenoxy) is 1. The Kier molecular flexibility index (Phi) is 4.53. The number of halogens is 1. The van der Waals surface area contributed by atoms with Crippen LogP contribution in [0.4, 0.5) is 0 Å². The molecule has 0 unspecified atom stereocenters. The topological polar surface area (TPSA) is 68.5 Å². The lowest BCUT2D eigenvalue weighted by molar-refractivity contribution is -0.136. The van der Waals surface area contributed by atoms with Crippen LogP contribution >= 0.6 is 11.6 Å². The molecule has 0 aliphatic heterocycles. The van der Waals surface area contributed by atoms with Gasteiger partial charge in [0.25, 0.3) is 5.91 Å². The van der Waals surface area contributed by atoms with E-state index in [4.69, 9.17) is 20.8 Å². The molecule has 1 aromatic heterocycles. The third-order valence-corrected chi connectivity index (χ3v) is 3.60. The van der Waals surface area contributed by atoms with Crippen molar-refractivity contribution < 1.29 is 18.7 Å². The third kappa shape index (κ3) is 3.58. The Labute approximate surface area is 143 Å². The smallest absolute Gasteiger partial charge is 0.333 e. The van der Waals surface area contributed by atoms with Crippen LogP contribution in [0.3, 0.4) is 0 Å². The van der Waals surface area contributed by atoms with Crippen molar-refractivity contribution in [3.05, 3.63) is 65.4 Å². The first kappa shape index (κ1) is 16.1. The lowest BCUT2D eigenvalue weighted by Crippen LogP contribution is -2.40. The molecule has 0 radical (unpaired) electrons. The Balaban J connectivity index is 1.67. The van der Waals surface area contributed by atoms with Crippen molar-refractivity contribution in [3.8, 4) is 5.75 Å². The highest BCUT2D eigenvalue weighted by Crippen LogP contribution is 2.23. The molecule has 3 rings (SSSR count). The van der Waals surface area contributed by atoms with Crippen molar-refractivity contribution in [3.63, 3.8) is 0 Å². The van der Waals surface area contributed by atoms with Crippen LogP contribution in [0, 0.1) is 0 Å². The highest BCUT2D eigenvalue weighted by atomic mass is 35.5. The first-order chi connectivity index (χ1) is 11.5. The van der Waals surface area contributed by atoms with Crippen molar-refractivity contribution >= 4 is 34.4 Å². The van der Waals surface area contributed by atoms with E-state index in [9.17, 15) is 9.59 Å². The molecule has 6 heteroatoms. The van der Waals surface area contributed by atoms with Crippen molar-refractivity contribution in [2.75, 3.05) is 0 Å². The SMILES string of the molecule is C[C@@H](NC(=O)c1cc2cc(Cl)ccc2o1)C(=O)Oc1ccccc1. The summed E-state index contributed by atoms with van der Waals surface area (Å²) in [5.41, 5.74) is 0.545. The van der Waals surface area contributed by atoms with Gasteiger partial charge < -0.3 is 14.5 Å². The van der Waals surface area contributed by atoms with E-state index in [0.29, 0.717) is 21.7 Å². The maximum absolute atomic E-state index is 12.2. The Morgan fingerprint density at radius 1 is 1.12 bits per heavy atom. The number of benzene rings is 2. The van der Waals surface area contributed by atoms with Crippen molar-refractivity contribution in [1.82, 2.24) is 5.32 Å². The van der Waals surface area contributed by atoms with Crippen molar-refractivity contribution in [2.24, 2.45) is 0 Å². The molecule has 0 aliphatic rings. The molecule has 0 fully saturated rings. The molecule has 1 amide bonds. The highest BCUT2D eigenvalue weighted by Gasteiger charge is 2.21. The van der Waals surface area contributed by atoms with E-state index < -0.39 is 17.9 Å². The summed E-state index contributed by atoms with van der Waals surface area (Å²) in [6.07, 6.45) is 0. The van der Waals surface area contributed by atoms with Crippen LogP contribution in [0.25, 0.3) is 11.0 Å². The van der Waals surface area contributed by atoms with Gasteiger partial charge in [-0.2, -0.15) is 0 Å². The van der Waals surface area contributed by atoms with Crippen LogP contribution in [0.5, 0.6) is 5.75 Å². The molecule has 1 atom stereocenters. The standard InChI is InChI=1S/C18H14ClNO4/c1-11(18(22)23-14-5-3-2-4-6-14)20-17(21)16-10-12-9-13(19)7-8-15(12)24-16/h2-11H,1H3,(H,20,21)/t11-/m1/s1. The highest BCUT2D eigenvalue weighted by molar-refractivity contribution is 6.31. The second-order valence-corrected chi connectivity index (χ2v) is 5.66. The van der Waals surface area contributed by atoms with Crippen LogP contribution in [0.1, 0.15) is 17.5 Å². The predicted molar refractivity (Wildman–Crippen MR) is 90.2 cm³/mol. The number of esters is 1. The number of fused-ring (bicyclic) bond motifs is 1. The van der Waals surface area contributed by atoms with Crippen LogP contribution in [-0.4, -0.2) is 17.9 Å². The Morgan fingerprint density at radius 2 is 1.88 bits per heavy atom. The largest absolute Gasteiger partial charge is 0.451 e. The summed E-state index contributed by atoms with van der Waals surface area (Å²) in [4.78, 5) is 24.2. The summed E-state index contributed by atoms with van der Waals surface area (Å²) in [5, 5.41) is 3.82. The van der Waals surface area contributed by atoms with E-state index in [1.54, 1.807) is 55.5 Å². The number of rotatable bonds is 4. The number of nitrogens with one attached hydrogen (secondary N) is 1. The maximum Gasteiger partial charge on any atom is 0.333 e. The second-order valence-electron chi connectivity index (χ2n) is 5.22. The summed E-state index contributed by atoms with van der Waals surface area (Å²) in [7, 11) is 0. The quantitative estimate of drug-likeness (QED) is 0.577. The van der Waals surface area contributed by atoms with Crippen LogP contribution in [-0.2, 0) is 4.79 Å². The van der Waals surface area contributed by atoms with E-state index >= 15 is 0 Å². The van der Waals surface area contributed by atoms with Gasteiger partial charge in [0.15, 0.2) is 5.76 Å². The fourth-order valence-electron chi connectivity index (χ4n) is 2.15. The normalized spacial score (nSPS) is 11.9. The average molecular weight is 344 g/mol. The summed E-state index contributed by atoms with van der Waals surface area (Å²) >= 11 is 5.91. The Bertz CT molecular complexity index is 888. The van der Waals surface area contributed by atoms with Crippen molar-refractivity contribution in [2.45, 2.75) is 13.0 Å². The summed E-state index contributed by atoms with van der Waals surface area (Å²) < 4.78 is 10.6. The number of hydrogen-bond donors (Lipinski definition) is 1. The molecule has 0 saturated heterocycles. The van der Waals surface area contributed by atoms with E-state index in [0.717, 1.165) is 0 Å². The van der Waals surface area contributed by atoms with E-state index in [-0.39, 0.29) is 5.76 Å². The van der Waals surface area contributed by atoms with Gasteiger partial charge >= 0.3 is 5.97 Å². The molecule has 2 aromatic carbocycles. The average Bonchev–Trinajstić information content (AvgIpc) is 2.99. The maximum atomic E-state index is 12.2. The van der Waals surface area contributed by atoms with Gasteiger partial charge in [0.2, 0.25) is 0 Å². The van der Waals surface area contributed by atoms with Gasteiger partial charge in [0, 0.05) is 10.4 Å². The fraction of sp³-hybridized carbons (Fsp3) is 0.111. The molecule has 24 heavy (non-hydrogen) atoms. The van der Waals surface area contributed by atoms with Gasteiger partial charge in [0.1, 0.15) is 17.4 Å². The number of carbonyl (C=O) groups is 2. The number of furan rings is 1. The third-order valence-electron chi connectivity index (χ3n) is 3.36. The van der Waals surface area contributed by atoms with Crippen LogP contribution < -0.4 is 10.1 Å². The lowest BCUT2D eigenvalue weighted by Gasteiger charge is -2.12. The van der Waals surface area contributed by atoms with Gasteiger partial charge in [-0.1, -0.05) is 29.8 Å². The molecular weight excluding hydrogens is 330 g/mol. The van der Waals surface area contributed by atoms with Gasteiger partial charge in [-0.3, -0.25) is 4.79 Å². The molecule has 5 nitrogen and oxygen atoms in total. The van der Waals surface area contributed by atoms with Crippen LogP contribution in [0.15, 0.2) is 59.0 Å². The zero-order valence-corrected chi connectivity index (χ0v) is 13.5. The molecule has 0 spiro atoms. The molecule has 3 aromatic rings. The first-order valence-corrected chi connectivity index (χ1v) is 7.67. The molecule has 122 valence electrons. The van der Waals surface area contributed by atoms with E-state index in [1.807, 2.05) is 6.07 Å². The molecule has 1 heterocycles. The van der Waals surface area contributed by atoms with Crippen LogP contribution in [0.2, 0.25) is 5.02 Å². The number of hydrogen-bond acceptors (Lipinski definition) is 4. The fourth-order valence-corrected chi connectivity index (χ4v) is 2.33. The molecule has 1 N–H and O–H groups in total. The Hall–Kier alpha value is -2.79. The lowest BCUT2D eigenvalue weighted by atomic mass is 10.2. The number of para-hydroxylation sites is 1. The van der Waals surface area contributed by atoms with Crippen molar-refractivity contribution in [1.29, 1.82) is 0 Å². The Morgan fingerprint density at radius 3 is 2.62 bits per heavy atom. The minimum atomic E-state index is -0.825. The zero-order chi connectivity index (χ0) is 17.1. The van der Waals surface area contributed by atoms with Gasteiger partial charge in [-0.05, 0) is 43.3 Å². The number of carbonyl (C=O) groups excluding carboxylic acids is 2. The molecule has 0 saturated carbocycles. The first-order valence-electron chi connectivity index (χ1n) is 7.29. The molecule has 0 aliphatic carbocycles. The van der Waals surface area contributed by atoms with Gasteiger partial charge in [-0.15, -0.1) is 0 Å². The predicted octanol–water partition coefficient (Wildman–Crippen LogP) is 3.81. The number of amides is 1. The zero-order valence-electron chi connectivity index (χ0n) is 12.8. The summed E-state index contributed by atoms with van der Waals surface area (Å²) in [5.74, 6) is -0.540. The minimum Gasteiger partial charge on any atom is -0.451 e. The molecular formula is C18H14ClNO4. The summed E-state index contributed by atoms with van der Waals surface area (Å²) in [6, 6.07) is 14.5. The second kappa shape index (κ2) is 6.76. The summed E-state index contributed by atoms with van der Waals surface area (Å²) in [6.45, 7) is 1.54.